The molecule has 0 fully saturated rings. The lowest BCUT2D eigenvalue weighted by atomic mass is 10.0. The molecule has 0 radical (unpaired) electrons. The fourth-order valence-corrected chi connectivity index (χ4v) is 1.91. The molecule has 0 aliphatic heterocycles. The van der Waals surface area contributed by atoms with Crippen molar-refractivity contribution in [2.75, 3.05) is 12.8 Å². The largest absolute Gasteiger partial charge is 0.311 e. The Balaban J connectivity index is 2.40. The van der Waals surface area contributed by atoms with Crippen LogP contribution in [0.4, 0.5) is 0 Å². The second-order valence-corrected chi connectivity index (χ2v) is 6.64. The molecular weight excluding hydrogens is 230 g/mol. The van der Waals surface area contributed by atoms with Crippen molar-refractivity contribution in [3.05, 3.63) is 35.4 Å². The summed E-state index contributed by atoms with van der Waals surface area (Å²) in [5.74, 6) is 0.583. The van der Waals surface area contributed by atoms with Crippen LogP contribution >= 0.6 is 0 Å². The minimum Gasteiger partial charge on any atom is -0.311 e. The van der Waals surface area contributed by atoms with Crippen molar-refractivity contribution in [1.29, 1.82) is 0 Å². The number of hydrogen-bond acceptors (Lipinski definition) is 2. The van der Waals surface area contributed by atoms with Gasteiger partial charge >= 0.3 is 0 Å². The summed E-state index contributed by atoms with van der Waals surface area (Å²) < 4.78 is 11.2. The van der Waals surface area contributed by atoms with Gasteiger partial charge in [-0.15, -0.1) is 0 Å². The molecule has 0 saturated carbocycles. The SMILES string of the molecule is CC(C)c1ccc(CNCC(C)S(C)=O)cc1. The van der Waals surface area contributed by atoms with Crippen LogP contribution in [-0.4, -0.2) is 22.3 Å². The van der Waals surface area contributed by atoms with Gasteiger partial charge in [0.1, 0.15) is 0 Å². The van der Waals surface area contributed by atoms with Crippen LogP contribution in [0.2, 0.25) is 0 Å². The maximum absolute atomic E-state index is 11.2. The summed E-state index contributed by atoms with van der Waals surface area (Å²) in [6, 6.07) is 8.69. The molecule has 17 heavy (non-hydrogen) atoms. The molecule has 2 unspecified atom stereocenters. The Hall–Kier alpha value is -0.670. The van der Waals surface area contributed by atoms with Crippen LogP contribution in [0, 0.1) is 0 Å². The van der Waals surface area contributed by atoms with Gasteiger partial charge in [0.25, 0.3) is 0 Å². The van der Waals surface area contributed by atoms with Crippen LogP contribution in [0.25, 0.3) is 0 Å². The monoisotopic (exact) mass is 253 g/mol. The molecule has 1 rings (SSSR count). The van der Waals surface area contributed by atoms with Crippen molar-refractivity contribution in [3.8, 4) is 0 Å². The molecule has 1 N–H and O–H groups in total. The van der Waals surface area contributed by atoms with Gasteiger partial charge in [-0.05, 0) is 24.0 Å². The van der Waals surface area contributed by atoms with Crippen molar-refractivity contribution >= 4 is 10.8 Å². The topological polar surface area (TPSA) is 29.1 Å². The number of benzene rings is 1. The molecule has 1 aromatic carbocycles. The fraction of sp³-hybridized carbons (Fsp3) is 0.571. The van der Waals surface area contributed by atoms with Gasteiger partial charge in [0.15, 0.2) is 0 Å². The standard InChI is InChI=1S/C14H23NOS/c1-11(2)14-7-5-13(6-8-14)10-15-9-12(3)17(4)16/h5-8,11-12,15H,9-10H2,1-4H3. The molecule has 96 valence electrons. The van der Waals surface area contributed by atoms with Crippen LogP contribution < -0.4 is 5.32 Å². The van der Waals surface area contributed by atoms with Crippen molar-refractivity contribution in [2.45, 2.75) is 38.5 Å². The minimum absolute atomic E-state index is 0.213. The average molecular weight is 253 g/mol. The first-order chi connectivity index (χ1) is 8.00. The Bertz CT molecular complexity index is 359. The molecular formula is C14H23NOS. The van der Waals surface area contributed by atoms with E-state index in [-0.39, 0.29) is 5.25 Å². The second-order valence-electron chi connectivity index (χ2n) is 4.84. The average Bonchev–Trinajstić information content (AvgIpc) is 2.29. The first-order valence-corrected chi connectivity index (χ1v) is 7.74. The molecule has 2 nitrogen and oxygen atoms in total. The van der Waals surface area contributed by atoms with Crippen molar-refractivity contribution in [1.82, 2.24) is 5.32 Å². The van der Waals surface area contributed by atoms with E-state index in [0.717, 1.165) is 13.1 Å². The lowest BCUT2D eigenvalue weighted by molar-refractivity contribution is 0.647. The Morgan fingerprint density at radius 1 is 1.18 bits per heavy atom. The van der Waals surface area contributed by atoms with E-state index in [1.807, 2.05) is 6.92 Å². The predicted octanol–water partition coefficient (Wildman–Crippen LogP) is 2.67. The van der Waals surface area contributed by atoms with Crippen LogP contribution in [-0.2, 0) is 17.3 Å². The zero-order valence-corrected chi connectivity index (χ0v) is 12.0. The van der Waals surface area contributed by atoms with Gasteiger partial charge in [0, 0.05) is 35.4 Å². The first-order valence-electron chi connectivity index (χ1n) is 6.12. The molecule has 3 heteroatoms. The van der Waals surface area contributed by atoms with Gasteiger partial charge < -0.3 is 5.32 Å². The normalized spacial score (nSPS) is 14.9. The van der Waals surface area contributed by atoms with Gasteiger partial charge in [-0.25, -0.2) is 0 Å². The highest BCUT2D eigenvalue weighted by atomic mass is 32.2. The number of nitrogens with one attached hydrogen (secondary N) is 1. The quantitative estimate of drug-likeness (QED) is 0.844. The maximum atomic E-state index is 11.2. The summed E-state index contributed by atoms with van der Waals surface area (Å²) in [6.07, 6.45) is 1.75. The predicted molar refractivity (Wildman–Crippen MR) is 75.8 cm³/mol. The molecule has 2 atom stereocenters. The fourth-order valence-electron chi connectivity index (χ4n) is 1.56. The summed E-state index contributed by atoms with van der Waals surface area (Å²) in [5, 5.41) is 3.55. The molecule has 0 aromatic heterocycles. The van der Waals surface area contributed by atoms with E-state index >= 15 is 0 Å². The number of rotatable bonds is 6. The maximum Gasteiger partial charge on any atom is 0.0441 e. The van der Waals surface area contributed by atoms with E-state index in [2.05, 4.69) is 43.4 Å². The summed E-state index contributed by atoms with van der Waals surface area (Å²) in [5.41, 5.74) is 2.65. The van der Waals surface area contributed by atoms with Crippen LogP contribution in [0.3, 0.4) is 0 Å². The van der Waals surface area contributed by atoms with Gasteiger partial charge in [0.05, 0.1) is 0 Å². The van der Waals surface area contributed by atoms with Crippen LogP contribution in [0.1, 0.15) is 37.8 Å². The Morgan fingerprint density at radius 3 is 2.24 bits per heavy atom. The van der Waals surface area contributed by atoms with Crippen LogP contribution in [0.15, 0.2) is 24.3 Å². The van der Waals surface area contributed by atoms with E-state index in [4.69, 9.17) is 0 Å². The third kappa shape index (κ3) is 5.00. The Labute approximate surface area is 107 Å². The van der Waals surface area contributed by atoms with E-state index < -0.39 is 10.8 Å². The lowest BCUT2D eigenvalue weighted by Gasteiger charge is -2.11. The van der Waals surface area contributed by atoms with Crippen molar-refractivity contribution in [3.63, 3.8) is 0 Å². The van der Waals surface area contributed by atoms with Gasteiger partial charge in [-0.2, -0.15) is 0 Å². The molecule has 0 spiro atoms. The van der Waals surface area contributed by atoms with Gasteiger partial charge in [-0.1, -0.05) is 38.1 Å². The molecule has 0 amide bonds. The highest BCUT2D eigenvalue weighted by Crippen LogP contribution is 2.14. The summed E-state index contributed by atoms with van der Waals surface area (Å²) >= 11 is 0. The minimum atomic E-state index is -0.741. The van der Waals surface area contributed by atoms with E-state index in [0.29, 0.717) is 5.92 Å². The van der Waals surface area contributed by atoms with Crippen molar-refractivity contribution in [2.24, 2.45) is 0 Å². The first kappa shape index (κ1) is 14.4. The smallest absolute Gasteiger partial charge is 0.0441 e. The molecule has 0 heterocycles. The van der Waals surface area contributed by atoms with E-state index in [9.17, 15) is 4.21 Å². The Kier molecular flexibility index (Phi) is 5.86. The third-order valence-electron chi connectivity index (χ3n) is 2.97. The molecule has 1 aromatic rings. The molecule has 0 saturated heterocycles. The molecule has 0 bridgehead atoms. The van der Waals surface area contributed by atoms with Crippen molar-refractivity contribution < 1.29 is 4.21 Å². The second kappa shape index (κ2) is 6.92. The van der Waals surface area contributed by atoms with E-state index in [1.165, 1.54) is 11.1 Å². The highest BCUT2D eigenvalue weighted by Gasteiger charge is 2.05. The Morgan fingerprint density at radius 2 is 1.76 bits per heavy atom. The zero-order valence-electron chi connectivity index (χ0n) is 11.2. The summed E-state index contributed by atoms with van der Waals surface area (Å²) in [4.78, 5) is 0. The van der Waals surface area contributed by atoms with Gasteiger partial charge in [0.2, 0.25) is 0 Å². The summed E-state index contributed by atoms with van der Waals surface area (Å²) in [7, 11) is -0.741. The third-order valence-corrected chi connectivity index (χ3v) is 4.27. The lowest BCUT2D eigenvalue weighted by Crippen LogP contribution is -2.27. The zero-order chi connectivity index (χ0) is 12.8. The molecule has 0 aliphatic rings. The van der Waals surface area contributed by atoms with Gasteiger partial charge in [-0.3, -0.25) is 4.21 Å². The number of hydrogen-bond donors (Lipinski definition) is 1. The summed E-state index contributed by atoms with van der Waals surface area (Å²) in [6.45, 7) is 8.05. The van der Waals surface area contributed by atoms with Crippen LogP contribution in [0.5, 0.6) is 0 Å². The van der Waals surface area contributed by atoms with E-state index in [1.54, 1.807) is 6.26 Å². The highest BCUT2D eigenvalue weighted by molar-refractivity contribution is 7.84. The molecule has 0 aliphatic carbocycles.